The molecule has 2 rings (SSSR count). The second kappa shape index (κ2) is 4.16. The van der Waals surface area contributed by atoms with Gasteiger partial charge in [-0.2, -0.15) is 5.10 Å². The van der Waals surface area contributed by atoms with E-state index in [1.165, 1.54) is 0 Å². The van der Waals surface area contributed by atoms with Gasteiger partial charge in [-0.25, -0.2) is 0 Å². The molecule has 0 bridgehead atoms. The molecule has 2 aromatic rings. The number of H-pyrrole nitrogens is 1. The molecule has 4 N–H and O–H groups in total. The monoisotopic (exact) mass is 275 g/mol. The lowest BCUT2D eigenvalue weighted by atomic mass is 10.3. The molecule has 90 valence electrons. The molecular weight excluding hydrogens is 267 g/mol. The molecule has 0 saturated heterocycles. The number of aromatic amines is 1. The number of aromatic hydroxyl groups is 1. The molecule has 0 radical (unpaired) electrons. The zero-order valence-corrected chi connectivity index (χ0v) is 10.1. The number of halogens is 1. The van der Waals surface area contributed by atoms with Gasteiger partial charge in [0, 0.05) is 17.2 Å². The SMILES string of the molecule is O=P(O)(O)c1c[nH][n+](-c2ccc(Cl)cc2)c1O. The van der Waals surface area contributed by atoms with E-state index in [-0.39, 0.29) is 0 Å². The number of nitrogens with zero attached hydrogens (tertiary/aromatic N) is 1. The molecule has 1 aromatic carbocycles. The van der Waals surface area contributed by atoms with Crippen LogP contribution < -0.4 is 9.99 Å². The van der Waals surface area contributed by atoms with Crippen LogP contribution in [0.1, 0.15) is 0 Å². The minimum absolute atomic E-state index is 0.451. The van der Waals surface area contributed by atoms with E-state index < -0.39 is 18.8 Å². The molecule has 1 aromatic heterocycles. The van der Waals surface area contributed by atoms with E-state index in [0.29, 0.717) is 10.7 Å². The summed E-state index contributed by atoms with van der Waals surface area (Å²) in [4.78, 5) is 17.9. The zero-order chi connectivity index (χ0) is 12.6. The quantitative estimate of drug-likeness (QED) is 0.473. The first-order chi connectivity index (χ1) is 7.89. The molecule has 0 atom stereocenters. The standard InChI is InChI=1S/C9H8ClN2O4P/c10-6-1-3-7(4-2-6)12-9(13)8(5-11-12)17(14,15)16/h1-5H,(H3,11,13,14,15,16)/p+1. The maximum atomic E-state index is 11.0. The van der Waals surface area contributed by atoms with Crippen LogP contribution in [0.3, 0.4) is 0 Å². The van der Waals surface area contributed by atoms with E-state index in [1.807, 2.05) is 0 Å². The van der Waals surface area contributed by atoms with E-state index in [9.17, 15) is 9.67 Å². The maximum absolute atomic E-state index is 11.0. The summed E-state index contributed by atoms with van der Waals surface area (Å²) < 4.78 is 12.2. The van der Waals surface area contributed by atoms with E-state index >= 15 is 0 Å². The number of nitrogens with one attached hydrogen (secondary N) is 1. The number of rotatable bonds is 2. The van der Waals surface area contributed by atoms with Crippen molar-refractivity contribution >= 4 is 24.5 Å². The summed E-state index contributed by atoms with van der Waals surface area (Å²) in [6.45, 7) is 0. The Kier molecular flexibility index (Phi) is 2.97. The molecule has 0 aliphatic carbocycles. The van der Waals surface area contributed by atoms with Crippen molar-refractivity contribution in [3.05, 3.63) is 35.5 Å². The van der Waals surface area contributed by atoms with Crippen LogP contribution in [0, 0.1) is 0 Å². The summed E-state index contributed by atoms with van der Waals surface area (Å²) >= 11 is 5.71. The van der Waals surface area contributed by atoms with Crippen molar-refractivity contribution in [3.8, 4) is 11.6 Å². The summed E-state index contributed by atoms with van der Waals surface area (Å²) in [5, 5.41) is 12.3. The van der Waals surface area contributed by atoms with Crippen molar-refractivity contribution < 1.29 is 24.1 Å². The molecule has 0 unspecified atom stereocenters. The Morgan fingerprint density at radius 3 is 2.29 bits per heavy atom. The van der Waals surface area contributed by atoms with Gasteiger partial charge in [-0.1, -0.05) is 11.6 Å². The molecule has 17 heavy (non-hydrogen) atoms. The zero-order valence-electron chi connectivity index (χ0n) is 8.41. The van der Waals surface area contributed by atoms with Gasteiger partial charge in [0.15, 0.2) is 5.30 Å². The topological polar surface area (TPSA) is 97.4 Å². The molecule has 0 amide bonds. The lowest BCUT2D eigenvalue weighted by Crippen LogP contribution is -2.32. The summed E-state index contributed by atoms with van der Waals surface area (Å²) in [6, 6.07) is 6.40. The predicted molar refractivity (Wildman–Crippen MR) is 60.7 cm³/mol. The molecule has 0 saturated carbocycles. The molecule has 0 fully saturated rings. The first-order valence-corrected chi connectivity index (χ1v) is 6.53. The van der Waals surface area contributed by atoms with Crippen LogP contribution >= 0.6 is 19.2 Å². The van der Waals surface area contributed by atoms with Crippen molar-refractivity contribution in [2.75, 3.05) is 0 Å². The van der Waals surface area contributed by atoms with Gasteiger partial charge in [-0.15, -0.1) is 0 Å². The fraction of sp³-hybridized carbons (Fsp3) is 0. The van der Waals surface area contributed by atoms with Crippen LogP contribution in [-0.2, 0) is 4.57 Å². The Bertz CT molecular complexity index is 590. The highest BCUT2D eigenvalue weighted by atomic mass is 35.5. The smallest absolute Gasteiger partial charge is 0.412 e. The summed E-state index contributed by atoms with van der Waals surface area (Å²) in [6.07, 6.45) is 1.06. The fourth-order valence-corrected chi connectivity index (χ4v) is 2.08. The molecule has 0 aliphatic heterocycles. The largest absolute Gasteiger partial charge is 0.457 e. The van der Waals surface area contributed by atoms with Crippen molar-refractivity contribution in [1.29, 1.82) is 0 Å². The van der Waals surface area contributed by atoms with Crippen LogP contribution in [0.2, 0.25) is 5.02 Å². The highest BCUT2D eigenvalue weighted by molar-refractivity contribution is 7.60. The van der Waals surface area contributed by atoms with Crippen LogP contribution in [0.15, 0.2) is 30.5 Å². The first kappa shape index (κ1) is 12.1. The Labute approximate surface area is 101 Å². The number of hydrogen-bond acceptors (Lipinski definition) is 2. The Morgan fingerprint density at radius 2 is 1.82 bits per heavy atom. The summed E-state index contributed by atoms with van der Waals surface area (Å²) in [5.41, 5.74) is 0.506. The van der Waals surface area contributed by atoms with Crippen LogP contribution in [0.4, 0.5) is 0 Å². The molecule has 6 nitrogen and oxygen atoms in total. The van der Waals surface area contributed by atoms with Crippen molar-refractivity contribution in [2.45, 2.75) is 0 Å². The van der Waals surface area contributed by atoms with Crippen molar-refractivity contribution in [3.63, 3.8) is 0 Å². The number of hydrogen-bond donors (Lipinski definition) is 4. The lowest BCUT2D eigenvalue weighted by molar-refractivity contribution is -0.661. The Balaban J connectivity index is 2.52. The first-order valence-electron chi connectivity index (χ1n) is 4.54. The molecule has 0 spiro atoms. The molecule has 1 heterocycles. The number of aromatic nitrogens is 2. The van der Waals surface area contributed by atoms with Gasteiger partial charge in [-0.05, 0) is 16.8 Å². The third-order valence-electron chi connectivity index (χ3n) is 2.17. The molecule has 0 aliphatic rings. The van der Waals surface area contributed by atoms with Gasteiger partial charge in [-0.3, -0.25) is 4.57 Å². The third kappa shape index (κ3) is 2.35. The Hall–Kier alpha value is -1.33. The van der Waals surface area contributed by atoms with Crippen LogP contribution in [-0.4, -0.2) is 20.0 Å². The molecule has 8 heteroatoms. The maximum Gasteiger partial charge on any atom is 0.412 e. The van der Waals surface area contributed by atoms with E-state index in [0.717, 1.165) is 10.9 Å². The van der Waals surface area contributed by atoms with Crippen molar-refractivity contribution in [2.24, 2.45) is 0 Å². The summed E-state index contributed by atoms with van der Waals surface area (Å²) in [7, 11) is -4.49. The van der Waals surface area contributed by atoms with Crippen LogP contribution in [0.25, 0.3) is 5.69 Å². The van der Waals surface area contributed by atoms with Gasteiger partial charge in [0.25, 0.3) is 0 Å². The highest BCUT2D eigenvalue weighted by Crippen LogP contribution is 2.35. The van der Waals surface area contributed by atoms with Gasteiger partial charge < -0.3 is 14.9 Å². The Morgan fingerprint density at radius 1 is 1.24 bits per heavy atom. The van der Waals surface area contributed by atoms with Crippen molar-refractivity contribution in [1.82, 2.24) is 5.10 Å². The van der Waals surface area contributed by atoms with Crippen LogP contribution in [0.5, 0.6) is 5.88 Å². The second-order valence-electron chi connectivity index (χ2n) is 3.34. The van der Waals surface area contributed by atoms with Gasteiger partial charge >= 0.3 is 13.5 Å². The van der Waals surface area contributed by atoms with Gasteiger partial charge in [0.1, 0.15) is 0 Å². The second-order valence-corrected chi connectivity index (χ2v) is 5.34. The lowest BCUT2D eigenvalue weighted by Gasteiger charge is -1.96. The third-order valence-corrected chi connectivity index (χ3v) is 3.38. The molecular formula is C9H9ClN2O4P+. The predicted octanol–water partition coefficient (Wildman–Crippen LogP) is 0.453. The normalized spacial score (nSPS) is 11.7. The van der Waals surface area contributed by atoms with Gasteiger partial charge in [0.2, 0.25) is 5.69 Å². The fourth-order valence-electron chi connectivity index (χ4n) is 1.37. The number of benzene rings is 1. The highest BCUT2D eigenvalue weighted by Gasteiger charge is 2.32. The average molecular weight is 276 g/mol. The average Bonchev–Trinajstić information content (AvgIpc) is 2.61. The minimum Gasteiger partial charge on any atom is -0.457 e. The van der Waals surface area contributed by atoms with Gasteiger partial charge in [0.05, 0.1) is 6.20 Å². The van der Waals surface area contributed by atoms with E-state index in [2.05, 4.69) is 5.10 Å². The minimum atomic E-state index is -4.49. The van der Waals surface area contributed by atoms with E-state index in [4.69, 9.17) is 21.4 Å². The van der Waals surface area contributed by atoms with E-state index in [1.54, 1.807) is 24.3 Å². The summed E-state index contributed by atoms with van der Waals surface area (Å²) in [5.74, 6) is -0.527.